The molecule has 0 aliphatic carbocycles. The first-order chi connectivity index (χ1) is 8.13. The van der Waals surface area contributed by atoms with Crippen LogP contribution in [0.5, 0.6) is 0 Å². The second kappa shape index (κ2) is 7.10. The molecule has 1 unspecified atom stereocenters. The van der Waals surface area contributed by atoms with E-state index in [9.17, 15) is 9.90 Å². The molecule has 0 spiro atoms. The van der Waals surface area contributed by atoms with Crippen molar-refractivity contribution in [3.63, 3.8) is 0 Å². The molecule has 0 saturated heterocycles. The number of unbranched alkanes of at least 4 members (excludes halogenated alkanes) is 2. The number of aryl methyl sites for hydroxylation is 1. The lowest BCUT2D eigenvalue weighted by Crippen LogP contribution is -2.16. The monoisotopic (exact) mass is 234 g/mol. The molecule has 0 bridgehead atoms. The number of hydrogen-bond acceptors (Lipinski definition) is 1. The molecule has 0 saturated carbocycles. The lowest BCUT2D eigenvalue weighted by Gasteiger charge is -2.12. The maximum atomic E-state index is 11.2. The van der Waals surface area contributed by atoms with Crippen LogP contribution in [0.4, 0.5) is 0 Å². The van der Waals surface area contributed by atoms with Crippen LogP contribution in [0.15, 0.2) is 24.3 Å². The summed E-state index contributed by atoms with van der Waals surface area (Å²) in [5.74, 6) is -0.897. The third kappa shape index (κ3) is 5.03. The van der Waals surface area contributed by atoms with Crippen LogP contribution in [0.2, 0.25) is 0 Å². The zero-order valence-electron chi connectivity index (χ0n) is 10.8. The van der Waals surface area contributed by atoms with Gasteiger partial charge in [-0.15, -0.1) is 0 Å². The maximum Gasteiger partial charge on any atom is 0.306 e. The van der Waals surface area contributed by atoms with Crippen molar-refractivity contribution in [2.75, 3.05) is 0 Å². The van der Waals surface area contributed by atoms with Gasteiger partial charge in [-0.05, 0) is 25.3 Å². The highest BCUT2D eigenvalue weighted by Gasteiger charge is 2.17. The summed E-state index contributed by atoms with van der Waals surface area (Å²) in [7, 11) is 0. The Bertz CT molecular complexity index is 358. The van der Waals surface area contributed by atoms with Gasteiger partial charge in [-0.3, -0.25) is 4.79 Å². The molecule has 0 aliphatic rings. The van der Waals surface area contributed by atoms with E-state index in [0.29, 0.717) is 6.42 Å². The summed E-state index contributed by atoms with van der Waals surface area (Å²) in [5.41, 5.74) is 2.33. The Morgan fingerprint density at radius 3 is 2.71 bits per heavy atom. The van der Waals surface area contributed by atoms with Crippen molar-refractivity contribution in [1.29, 1.82) is 0 Å². The van der Waals surface area contributed by atoms with E-state index >= 15 is 0 Å². The predicted molar refractivity (Wildman–Crippen MR) is 70.2 cm³/mol. The number of benzene rings is 1. The molecular weight excluding hydrogens is 212 g/mol. The largest absolute Gasteiger partial charge is 0.481 e. The van der Waals surface area contributed by atoms with Gasteiger partial charge in [0.25, 0.3) is 0 Å². The number of carbonyl (C=O) groups is 1. The van der Waals surface area contributed by atoms with Gasteiger partial charge in [0, 0.05) is 0 Å². The number of aliphatic carboxylic acids is 1. The Morgan fingerprint density at radius 2 is 2.12 bits per heavy atom. The molecule has 0 aliphatic heterocycles. The molecule has 1 aromatic rings. The van der Waals surface area contributed by atoms with Crippen LogP contribution in [0, 0.1) is 12.8 Å². The smallest absolute Gasteiger partial charge is 0.306 e. The zero-order chi connectivity index (χ0) is 12.7. The second-order valence-electron chi connectivity index (χ2n) is 4.72. The van der Waals surface area contributed by atoms with Crippen LogP contribution in [0.25, 0.3) is 0 Å². The highest BCUT2D eigenvalue weighted by Crippen LogP contribution is 2.17. The molecule has 0 amide bonds. The lowest BCUT2D eigenvalue weighted by molar-refractivity contribution is -0.142. The van der Waals surface area contributed by atoms with Crippen LogP contribution in [-0.4, -0.2) is 11.1 Å². The summed E-state index contributed by atoms with van der Waals surface area (Å²) in [4.78, 5) is 11.2. The average molecular weight is 234 g/mol. The van der Waals surface area contributed by atoms with E-state index in [1.54, 1.807) is 0 Å². The van der Waals surface area contributed by atoms with Crippen LogP contribution in [0.1, 0.15) is 43.7 Å². The van der Waals surface area contributed by atoms with Crippen molar-refractivity contribution in [1.82, 2.24) is 0 Å². The summed E-state index contributed by atoms with van der Waals surface area (Å²) in [6.45, 7) is 4.17. The number of rotatable bonds is 7. The minimum absolute atomic E-state index is 0.233. The van der Waals surface area contributed by atoms with Crippen molar-refractivity contribution >= 4 is 5.97 Å². The molecule has 0 aromatic heterocycles. The molecule has 0 heterocycles. The van der Waals surface area contributed by atoms with E-state index < -0.39 is 5.97 Å². The average Bonchev–Trinajstić information content (AvgIpc) is 2.28. The molecule has 2 heteroatoms. The highest BCUT2D eigenvalue weighted by atomic mass is 16.4. The van der Waals surface area contributed by atoms with Gasteiger partial charge >= 0.3 is 5.97 Å². The van der Waals surface area contributed by atoms with Gasteiger partial charge in [0.05, 0.1) is 5.92 Å². The Labute approximate surface area is 104 Å². The van der Waals surface area contributed by atoms with E-state index in [1.165, 1.54) is 5.56 Å². The zero-order valence-corrected chi connectivity index (χ0v) is 10.8. The minimum Gasteiger partial charge on any atom is -0.481 e. The molecule has 2 nitrogen and oxygen atoms in total. The van der Waals surface area contributed by atoms with Gasteiger partial charge in [-0.1, -0.05) is 56.0 Å². The molecule has 1 N–H and O–H groups in total. The summed E-state index contributed by atoms with van der Waals surface area (Å²) in [5, 5.41) is 9.20. The van der Waals surface area contributed by atoms with E-state index in [2.05, 4.69) is 13.0 Å². The van der Waals surface area contributed by atoms with Gasteiger partial charge in [-0.2, -0.15) is 0 Å². The first-order valence-electron chi connectivity index (χ1n) is 6.41. The molecule has 1 rings (SSSR count). The Balaban J connectivity index is 2.57. The van der Waals surface area contributed by atoms with Gasteiger partial charge < -0.3 is 5.11 Å². The van der Waals surface area contributed by atoms with Crippen molar-refractivity contribution < 1.29 is 9.90 Å². The van der Waals surface area contributed by atoms with Gasteiger partial charge in [0.1, 0.15) is 0 Å². The summed E-state index contributed by atoms with van der Waals surface area (Å²) < 4.78 is 0. The van der Waals surface area contributed by atoms with E-state index in [4.69, 9.17) is 0 Å². The van der Waals surface area contributed by atoms with Crippen molar-refractivity contribution in [2.24, 2.45) is 5.92 Å². The molecule has 17 heavy (non-hydrogen) atoms. The first-order valence-corrected chi connectivity index (χ1v) is 6.41. The number of hydrogen-bond donors (Lipinski definition) is 1. The Hall–Kier alpha value is -1.31. The predicted octanol–water partition coefficient (Wildman–Crippen LogP) is 3.82. The van der Waals surface area contributed by atoms with E-state index in [0.717, 1.165) is 31.2 Å². The standard InChI is InChI=1S/C15H22O2/c1-3-4-5-9-14(15(16)17)11-13-8-6-7-12(2)10-13/h6-8,10,14H,3-5,9,11H2,1-2H3,(H,16,17). The molecule has 1 aromatic carbocycles. The molecule has 0 fully saturated rings. The Morgan fingerprint density at radius 1 is 1.35 bits per heavy atom. The number of carboxylic acids is 1. The third-order valence-corrected chi connectivity index (χ3v) is 3.07. The van der Waals surface area contributed by atoms with Crippen LogP contribution in [0.3, 0.4) is 0 Å². The van der Waals surface area contributed by atoms with E-state index in [-0.39, 0.29) is 5.92 Å². The summed E-state index contributed by atoms with van der Waals surface area (Å²) in [6, 6.07) is 8.13. The fraction of sp³-hybridized carbons (Fsp3) is 0.533. The number of carboxylic acid groups (broad SMARTS) is 1. The van der Waals surface area contributed by atoms with Crippen LogP contribution in [-0.2, 0) is 11.2 Å². The van der Waals surface area contributed by atoms with Crippen LogP contribution >= 0.6 is 0 Å². The van der Waals surface area contributed by atoms with Crippen molar-refractivity contribution in [2.45, 2.75) is 46.0 Å². The maximum absolute atomic E-state index is 11.2. The third-order valence-electron chi connectivity index (χ3n) is 3.07. The molecular formula is C15H22O2. The quantitative estimate of drug-likeness (QED) is 0.728. The van der Waals surface area contributed by atoms with Gasteiger partial charge in [0.15, 0.2) is 0 Å². The SMILES string of the molecule is CCCCCC(Cc1cccc(C)c1)C(=O)O. The molecule has 1 atom stereocenters. The van der Waals surface area contributed by atoms with Crippen molar-refractivity contribution in [3.05, 3.63) is 35.4 Å². The highest BCUT2D eigenvalue weighted by molar-refractivity contribution is 5.70. The second-order valence-corrected chi connectivity index (χ2v) is 4.72. The summed E-state index contributed by atoms with van der Waals surface area (Å²) in [6.07, 6.45) is 4.71. The topological polar surface area (TPSA) is 37.3 Å². The van der Waals surface area contributed by atoms with Crippen LogP contribution < -0.4 is 0 Å². The fourth-order valence-electron chi connectivity index (χ4n) is 2.08. The first kappa shape index (κ1) is 13.8. The van der Waals surface area contributed by atoms with Gasteiger partial charge in [0.2, 0.25) is 0 Å². The lowest BCUT2D eigenvalue weighted by atomic mass is 9.93. The normalized spacial score (nSPS) is 12.4. The molecule has 0 radical (unpaired) electrons. The fourth-order valence-corrected chi connectivity index (χ4v) is 2.08. The molecule has 94 valence electrons. The minimum atomic E-state index is -0.664. The summed E-state index contributed by atoms with van der Waals surface area (Å²) >= 11 is 0. The van der Waals surface area contributed by atoms with Crippen molar-refractivity contribution in [3.8, 4) is 0 Å². The van der Waals surface area contributed by atoms with Gasteiger partial charge in [-0.25, -0.2) is 0 Å². The Kier molecular flexibility index (Phi) is 5.75. The van der Waals surface area contributed by atoms with E-state index in [1.807, 2.05) is 25.1 Å².